The molecular weight excluding hydrogens is 252 g/mol. The number of aromatic nitrogens is 1. The van der Waals surface area contributed by atoms with E-state index in [0.29, 0.717) is 12.3 Å². The van der Waals surface area contributed by atoms with Crippen LogP contribution in [0.1, 0.15) is 18.2 Å². The highest BCUT2D eigenvalue weighted by Crippen LogP contribution is 2.30. The van der Waals surface area contributed by atoms with Gasteiger partial charge in [0.15, 0.2) is 0 Å². The summed E-state index contributed by atoms with van der Waals surface area (Å²) in [5.74, 6) is 1.47. The number of methoxy groups -OCH3 is 1. The number of rotatable bonds is 5. The normalized spacial score (nSPS) is 10.8. The molecule has 0 N–H and O–H groups in total. The van der Waals surface area contributed by atoms with Crippen molar-refractivity contribution >= 4 is 11.9 Å². The van der Waals surface area contributed by atoms with Gasteiger partial charge in [-0.25, -0.2) is 0 Å². The molecule has 0 bridgehead atoms. The van der Waals surface area contributed by atoms with E-state index in [9.17, 15) is 0 Å². The van der Waals surface area contributed by atoms with Gasteiger partial charge in [-0.15, -0.1) is 0 Å². The van der Waals surface area contributed by atoms with Crippen molar-refractivity contribution in [1.82, 2.24) is 4.98 Å². The molecule has 4 heteroatoms. The third-order valence-electron chi connectivity index (χ3n) is 2.84. The smallest absolute Gasteiger partial charge is 0.146 e. The van der Waals surface area contributed by atoms with Gasteiger partial charge in [-0.1, -0.05) is 12.1 Å². The molecule has 0 aliphatic carbocycles. The Labute approximate surface area is 119 Å². The SMILES string of the molecule is CCOc1cccnc1C=Nc1c(C)cccc1OC. The minimum absolute atomic E-state index is 0.597. The molecular formula is C16H18N2O2. The van der Waals surface area contributed by atoms with Crippen molar-refractivity contribution in [2.24, 2.45) is 4.99 Å². The summed E-state index contributed by atoms with van der Waals surface area (Å²) in [7, 11) is 1.64. The van der Waals surface area contributed by atoms with Gasteiger partial charge >= 0.3 is 0 Å². The predicted octanol–water partition coefficient (Wildman–Crippen LogP) is 3.55. The van der Waals surface area contributed by atoms with Crippen molar-refractivity contribution in [3.8, 4) is 11.5 Å². The number of hydrogen-bond donors (Lipinski definition) is 0. The fourth-order valence-corrected chi connectivity index (χ4v) is 1.87. The van der Waals surface area contributed by atoms with Crippen LogP contribution in [-0.2, 0) is 0 Å². The van der Waals surface area contributed by atoms with Gasteiger partial charge in [0, 0.05) is 6.20 Å². The molecule has 0 saturated carbocycles. The minimum atomic E-state index is 0.597. The van der Waals surface area contributed by atoms with Crippen molar-refractivity contribution in [2.45, 2.75) is 13.8 Å². The molecule has 0 fully saturated rings. The van der Waals surface area contributed by atoms with Crippen LogP contribution in [0.2, 0.25) is 0 Å². The molecule has 20 heavy (non-hydrogen) atoms. The van der Waals surface area contributed by atoms with E-state index in [1.54, 1.807) is 19.5 Å². The number of hydrogen-bond acceptors (Lipinski definition) is 4. The Hall–Kier alpha value is -2.36. The van der Waals surface area contributed by atoms with Gasteiger partial charge in [0.25, 0.3) is 0 Å². The van der Waals surface area contributed by atoms with Gasteiger partial charge in [-0.05, 0) is 37.6 Å². The van der Waals surface area contributed by atoms with Gasteiger partial charge in [0.1, 0.15) is 22.9 Å². The molecule has 2 rings (SSSR count). The summed E-state index contributed by atoms with van der Waals surface area (Å²) in [6.45, 7) is 4.54. The second-order valence-corrected chi connectivity index (χ2v) is 4.20. The van der Waals surface area contributed by atoms with E-state index < -0.39 is 0 Å². The molecule has 0 atom stereocenters. The van der Waals surface area contributed by atoms with Crippen LogP contribution in [0.5, 0.6) is 11.5 Å². The van der Waals surface area contributed by atoms with Crippen LogP contribution in [-0.4, -0.2) is 24.9 Å². The summed E-state index contributed by atoms with van der Waals surface area (Å²) >= 11 is 0. The molecule has 1 aromatic heterocycles. The molecule has 1 aromatic carbocycles. The van der Waals surface area contributed by atoms with E-state index in [1.165, 1.54) is 0 Å². The van der Waals surface area contributed by atoms with Gasteiger partial charge in [-0.3, -0.25) is 9.98 Å². The Kier molecular flexibility index (Phi) is 4.71. The zero-order valence-corrected chi connectivity index (χ0v) is 12.0. The summed E-state index contributed by atoms with van der Waals surface area (Å²) < 4.78 is 10.9. The largest absolute Gasteiger partial charge is 0.494 e. The van der Waals surface area contributed by atoms with E-state index >= 15 is 0 Å². The summed E-state index contributed by atoms with van der Waals surface area (Å²) in [6.07, 6.45) is 3.43. The average Bonchev–Trinajstić information content (AvgIpc) is 2.47. The third-order valence-corrected chi connectivity index (χ3v) is 2.84. The molecule has 0 aliphatic heterocycles. The Bertz CT molecular complexity index is 609. The van der Waals surface area contributed by atoms with Crippen molar-refractivity contribution in [3.63, 3.8) is 0 Å². The lowest BCUT2D eigenvalue weighted by atomic mass is 10.2. The number of para-hydroxylation sites is 1. The zero-order valence-electron chi connectivity index (χ0n) is 12.0. The van der Waals surface area contributed by atoms with Crippen molar-refractivity contribution in [1.29, 1.82) is 0 Å². The predicted molar refractivity (Wildman–Crippen MR) is 80.4 cm³/mol. The number of benzene rings is 1. The van der Waals surface area contributed by atoms with Crippen molar-refractivity contribution < 1.29 is 9.47 Å². The maximum atomic E-state index is 5.53. The Balaban J connectivity index is 2.35. The highest BCUT2D eigenvalue weighted by Gasteiger charge is 2.05. The number of pyridine rings is 1. The first kappa shape index (κ1) is 14.1. The molecule has 104 valence electrons. The van der Waals surface area contributed by atoms with E-state index in [4.69, 9.17) is 9.47 Å². The Morgan fingerprint density at radius 2 is 2.00 bits per heavy atom. The van der Waals surface area contributed by atoms with E-state index in [1.807, 2.05) is 44.2 Å². The van der Waals surface area contributed by atoms with Crippen LogP contribution in [0.3, 0.4) is 0 Å². The van der Waals surface area contributed by atoms with Crippen LogP contribution in [0, 0.1) is 6.92 Å². The summed E-state index contributed by atoms with van der Waals surface area (Å²) in [5.41, 5.74) is 2.57. The minimum Gasteiger partial charge on any atom is -0.494 e. The molecule has 0 unspecified atom stereocenters. The first-order valence-corrected chi connectivity index (χ1v) is 6.51. The maximum absolute atomic E-state index is 5.53. The Morgan fingerprint density at radius 3 is 2.75 bits per heavy atom. The lowest BCUT2D eigenvalue weighted by molar-refractivity contribution is 0.338. The van der Waals surface area contributed by atoms with Crippen molar-refractivity contribution in [2.75, 3.05) is 13.7 Å². The fraction of sp³-hybridized carbons (Fsp3) is 0.250. The van der Waals surface area contributed by atoms with Crippen LogP contribution in [0.4, 0.5) is 5.69 Å². The number of aliphatic imine (C=N–C) groups is 1. The number of ether oxygens (including phenoxy) is 2. The lowest BCUT2D eigenvalue weighted by Crippen LogP contribution is -1.98. The van der Waals surface area contributed by atoms with E-state index in [-0.39, 0.29) is 0 Å². The molecule has 0 spiro atoms. The molecule has 0 aliphatic rings. The fourth-order valence-electron chi connectivity index (χ4n) is 1.87. The second-order valence-electron chi connectivity index (χ2n) is 4.20. The topological polar surface area (TPSA) is 43.7 Å². The van der Waals surface area contributed by atoms with E-state index in [0.717, 1.165) is 22.7 Å². The monoisotopic (exact) mass is 270 g/mol. The first-order chi connectivity index (χ1) is 9.76. The quantitative estimate of drug-likeness (QED) is 0.780. The first-order valence-electron chi connectivity index (χ1n) is 6.51. The highest BCUT2D eigenvalue weighted by molar-refractivity contribution is 5.84. The van der Waals surface area contributed by atoms with Crippen LogP contribution >= 0.6 is 0 Å². The maximum Gasteiger partial charge on any atom is 0.146 e. The van der Waals surface area contributed by atoms with Gasteiger partial charge in [-0.2, -0.15) is 0 Å². The summed E-state index contributed by atoms with van der Waals surface area (Å²) in [4.78, 5) is 8.78. The highest BCUT2D eigenvalue weighted by atomic mass is 16.5. The average molecular weight is 270 g/mol. The number of aryl methyl sites for hydroxylation is 1. The molecule has 2 aromatic rings. The van der Waals surface area contributed by atoms with Crippen LogP contribution in [0.25, 0.3) is 0 Å². The number of nitrogens with zero attached hydrogens (tertiary/aromatic N) is 2. The van der Waals surface area contributed by atoms with E-state index in [2.05, 4.69) is 9.98 Å². The standard InChI is InChI=1S/C16H18N2O2/c1-4-20-14-9-6-10-17-13(14)11-18-16-12(2)7-5-8-15(16)19-3/h5-11H,4H2,1-3H3. The van der Waals surface area contributed by atoms with Crippen LogP contribution in [0.15, 0.2) is 41.5 Å². The van der Waals surface area contributed by atoms with Crippen molar-refractivity contribution in [3.05, 3.63) is 47.8 Å². The second kappa shape index (κ2) is 6.70. The van der Waals surface area contributed by atoms with Gasteiger partial charge < -0.3 is 9.47 Å². The summed E-state index contributed by atoms with van der Waals surface area (Å²) in [6, 6.07) is 9.56. The molecule has 0 amide bonds. The molecule has 0 radical (unpaired) electrons. The Morgan fingerprint density at radius 1 is 1.20 bits per heavy atom. The third kappa shape index (κ3) is 3.15. The lowest BCUT2D eigenvalue weighted by Gasteiger charge is -2.08. The molecule has 1 heterocycles. The zero-order chi connectivity index (χ0) is 14.4. The summed E-state index contributed by atoms with van der Waals surface area (Å²) in [5, 5.41) is 0. The molecule has 4 nitrogen and oxygen atoms in total. The van der Waals surface area contributed by atoms with Gasteiger partial charge in [0.05, 0.1) is 19.9 Å². The van der Waals surface area contributed by atoms with Crippen LogP contribution < -0.4 is 9.47 Å². The van der Waals surface area contributed by atoms with Gasteiger partial charge in [0.2, 0.25) is 0 Å². The molecule has 0 saturated heterocycles.